The summed E-state index contributed by atoms with van der Waals surface area (Å²) in [6.45, 7) is 9.10. The lowest BCUT2D eigenvalue weighted by molar-refractivity contribution is -0.155. The van der Waals surface area contributed by atoms with Crippen LogP contribution < -0.4 is 4.74 Å². The Hall–Kier alpha value is -2.01. The third-order valence-electron chi connectivity index (χ3n) is 7.54. The van der Waals surface area contributed by atoms with Gasteiger partial charge in [0.1, 0.15) is 11.4 Å². The van der Waals surface area contributed by atoms with Gasteiger partial charge >= 0.3 is 5.97 Å². The Labute approximate surface area is 224 Å². The molecule has 2 heterocycles. The van der Waals surface area contributed by atoms with Crippen LogP contribution in [0.25, 0.3) is 12.2 Å². The SMILES string of the molecule is CC(C)(C)OC(=O)CCN1CCC2(CC1)COc1cc(C=Cc3c(Cl)cc(C4CC4)cc3Cl)ccc12. The third-order valence-corrected chi connectivity index (χ3v) is 8.16. The minimum atomic E-state index is -0.429. The fraction of sp³-hybridized carbons (Fsp3) is 0.500. The van der Waals surface area contributed by atoms with E-state index < -0.39 is 5.60 Å². The van der Waals surface area contributed by atoms with Crippen molar-refractivity contribution in [2.24, 2.45) is 0 Å². The van der Waals surface area contributed by atoms with Crippen molar-refractivity contribution in [2.75, 3.05) is 26.2 Å². The van der Waals surface area contributed by atoms with E-state index >= 15 is 0 Å². The standard InChI is InChI=1S/C30H35Cl2NO3/c1-29(2,3)36-28(34)10-13-33-14-11-30(12-15-33)19-35-27-16-20(5-9-24(27)30)4-8-23-25(31)17-22(18-26(23)32)21-6-7-21/h4-5,8-9,16-18,21H,6-7,10-15,19H2,1-3H3. The first-order valence-electron chi connectivity index (χ1n) is 13.0. The molecular weight excluding hydrogens is 493 g/mol. The molecular formula is C30H35Cl2NO3. The molecule has 0 N–H and O–H groups in total. The lowest BCUT2D eigenvalue weighted by atomic mass is 9.74. The average Bonchev–Trinajstić information content (AvgIpc) is 3.61. The van der Waals surface area contributed by atoms with Gasteiger partial charge in [-0.25, -0.2) is 0 Å². The molecule has 0 atom stereocenters. The first kappa shape index (κ1) is 25.6. The summed E-state index contributed by atoms with van der Waals surface area (Å²) in [7, 11) is 0. The number of fused-ring (bicyclic) bond motifs is 2. The number of carbonyl (C=O) groups is 1. The Morgan fingerprint density at radius 3 is 2.44 bits per heavy atom. The van der Waals surface area contributed by atoms with Gasteiger partial charge in [-0.3, -0.25) is 4.79 Å². The molecule has 36 heavy (non-hydrogen) atoms. The van der Waals surface area contributed by atoms with E-state index in [1.54, 1.807) is 0 Å². The van der Waals surface area contributed by atoms with Gasteiger partial charge in [-0.05, 0) is 94.8 Å². The lowest BCUT2D eigenvalue weighted by Gasteiger charge is -2.38. The molecule has 4 nitrogen and oxygen atoms in total. The maximum atomic E-state index is 12.1. The van der Waals surface area contributed by atoms with Crippen LogP contribution in [0, 0.1) is 0 Å². The fourth-order valence-corrected chi connectivity index (χ4v) is 5.98. The number of hydrogen-bond acceptors (Lipinski definition) is 4. The Bertz CT molecular complexity index is 1150. The predicted molar refractivity (Wildman–Crippen MR) is 147 cm³/mol. The van der Waals surface area contributed by atoms with E-state index in [1.165, 1.54) is 24.0 Å². The van der Waals surface area contributed by atoms with E-state index in [9.17, 15) is 4.79 Å². The summed E-state index contributed by atoms with van der Waals surface area (Å²) < 4.78 is 11.6. The molecule has 6 heteroatoms. The molecule has 2 fully saturated rings. The molecule has 2 aromatic carbocycles. The van der Waals surface area contributed by atoms with Crippen LogP contribution in [0.5, 0.6) is 5.75 Å². The van der Waals surface area contributed by atoms with Gasteiger partial charge in [-0.1, -0.05) is 47.5 Å². The van der Waals surface area contributed by atoms with E-state index in [4.69, 9.17) is 32.7 Å². The summed E-state index contributed by atoms with van der Waals surface area (Å²) in [4.78, 5) is 14.5. The van der Waals surface area contributed by atoms with Gasteiger partial charge in [-0.2, -0.15) is 0 Å². The maximum absolute atomic E-state index is 12.1. The van der Waals surface area contributed by atoms with E-state index in [0.29, 0.717) is 22.4 Å². The third kappa shape index (κ3) is 5.77. The molecule has 0 amide bonds. The van der Waals surface area contributed by atoms with Crippen LogP contribution in [0.4, 0.5) is 0 Å². The number of likely N-dealkylation sites (tertiary alicyclic amines) is 1. The zero-order valence-electron chi connectivity index (χ0n) is 21.4. The summed E-state index contributed by atoms with van der Waals surface area (Å²) >= 11 is 13.1. The molecule has 1 saturated heterocycles. The number of benzene rings is 2. The topological polar surface area (TPSA) is 38.8 Å². The smallest absolute Gasteiger partial charge is 0.307 e. The number of piperidine rings is 1. The summed E-state index contributed by atoms with van der Waals surface area (Å²) in [6, 6.07) is 10.6. The quantitative estimate of drug-likeness (QED) is 0.288. The highest BCUT2D eigenvalue weighted by atomic mass is 35.5. The molecule has 0 unspecified atom stereocenters. The molecule has 192 valence electrons. The normalized spacial score (nSPS) is 19.5. The zero-order chi connectivity index (χ0) is 25.5. The minimum Gasteiger partial charge on any atom is -0.492 e. The Balaban J connectivity index is 1.21. The van der Waals surface area contributed by atoms with Gasteiger partial charge in [0.2, 0.25) is 0 Å². The van der Waals surface area contributed by atoms with Gasteiger partial charge in [0, 0.05) is 33.1 Å². The van der Waals surface area contributed by atoms with Crippen LogP contribution in [0.3, 0.4) is 0 Å². The van der Waals surface area contributed by atoms with Crippen LogP contribution in [0.1, 0.15) is 81.0 Å². The monoisotopic (exact) mass is 527 g/mol. The lowest BCUT2D eigenvalue weighted by Crippen LogP contribution is -2.44. The van der Waals surface area contributed by atoms with E-state index in [2.05, 4.69) is 41.3 Å². The summed E-state index contributed by atoms with van der Waals surface area (Å²) in [5.74, 6) is 1.47. The second kappa shape index (κ2) is 10.0. The van der Waals surface area contributed by atoms with E-state index in [1.807, 2.05) is 26.8 Å². The molecule has 0 aromatic heterocycles. The van der Waals surface area contributed by atoms with Crippen LogP contribution in [-0.4, -0.2) is 42.7 Å². The predicted octanol–water partition coefficient (Wildman–Crippen LogP) is 7.50. The van der Waals surface area contributed by atoms with Crippen molar-refractivity contribution in [3.8, 4) is 5.75 Å². The fourth-order valence-electron chi connectivity index (χ4n) is 5.35. The number of nitrogens with zero attached hydrogens (tertiary/aromatic N) is 1. The molecule has 0 bridgehead atoms. The van der Waals surface area contributed by atoms with Crippen molar-refractivity contribution in [1.29, 1.82) is 0 Å². The Morgan fingerprint density at radius 2 is 1.81 bits per heavy atom. The van der Waals surface area contributed by atoms with Gasteiger partial charge < -0.3 is 14.4 Å². The number of ether oxygens (including phenoxy) is 2. The molecule has 2 aromatic rings. The molecule has 5 rings (SSSR count). The summed E-state index contributed by atoms with van der Waals surface area (Å²) in [6.07, 6.45) is 8.99. The van der Waals surface area contributed by atoms with Crippen molar-refractivity contribution in [1.82, 2.24) is 4.90 Å². The molecule has 1 saturated carbocycles. The van der Waals surface area contributed by atoms with Crippen LogP contribution in [0.15, 0.2) is 30.3 Å². The maximum Gasteiger partial charge on any atom is 0.307 e. The van der Waals surface area contributed by atoms with Crippen LogP contribution >= 0.6 is 23.2 Å². The molecule has 3 aliphatic rings. The first-order valence-corrected chi connectivity index (χ1v) is 13.8. The van der Waals surface area contributed by atoms with Gasteiger partial charge in [0.15, 0.2) is 0 Å². The van der Waals surface area contributed by atoms with Crippen molar-refractivity contribution in [3.63, 3.8) is 0 Å². The minimum absolute atomic E-state index is 0.0608. The second-order valence-corrected chi connectivity index (χ2v) is 12.3. The Morgan fingerprint density at radius 1 is 1.11 bits per heavy atom. The molecule has 1 aliphatic carbocycles. The summed E-state index contributed by atoms with van der Waals surface area (Å²) in [5, 5.41) is 1.41. The van der Waals surface area contributed by atoms with E-state index in [-0.39, 0.29) is 11.4 Å². The van der Waals surface area contributed by atoms with Gasteiger partial charge in [-0.15, -0.1) is 0 Å². The number of esters is 1. The number of carbonyl (C=O) groups excluding carboxylic acids is 1. The van der Waals surface area contributed by atoms with Crippen LogP contribution in [-0.2, 0) is 14.9 Å². The summed E-state index contributed by atoms with van der Waals surface area (Å²) in [5.41, 5.74) is 4.11. The Kier molecular flexibility index (Phi) is 7.15. The van der Waals surface area contributed by atoms with Crippen molar-refractivity contribution in [2.45, 2.75) is 69.8 Å². The van der Waals surface area contributed by atoms with E-state index in [0.717, 1.165) is 56.0 Å². The molecule has 2 aliphatic heterocycles. The number of hydrogen-bond donors (Lipinski definition) is 0. The first-order chi connectivity index (χ1) is 17.1. The van der Waals surface area contributed by atoms with Gasteiger partial charge in [0.05, 0.1) is 13.0 Å². The molecule has 0 radical (unpaired) electrons. The largest absolute Gasteiger partial charge is 0.492 e. The highest BCUT2D eigenvalue weighted by Crippen LogP contribution is 2.46. The highest BCUT2D eigenvalue weighted by Gasteiger charge is 2.43. The van der Waals surface area contributed by atoms with Crippen molar-refractivity contribution in [3.05, 3.63) is 62.6 Å². The number of rotatable bonds is 6. The average molecular weight is 529 g/mol. The molecule has 1 spiro atoms. The second-order valence-electron chi connectivity index (χ2n) is 11.5. The van der Waals surface area contributed by atoms with Crippen molar-refractivity contribution < 1.29 is 14.3 Å². The van der Waals surface area contributed by atoms with Crippen molar-refractivity contribution >= 4 is 41.3 Å². The number of halogens is 2. The van der Waals surface area contributed by atoms with Gasteiger partial charge in [0.25, 0.3) is 0 Å². The highest BCUT2D eigenvalue weighted by molar-refractivity contribution is 6.37. The van der Waals surface area contributed by atoms with Crippen LogP contribution in [0.2, 0.25) is 10.0 Å². The zero-order valence-corrected chi connectivity index (χ0v) is 22.9.